The van der Waals surface area contributed by atoms with Gasteiger partial charge in [-0.05, 0) is 45.0 Å². The molecule has 0 aliphatic carbocycles. The fourth-order valence-corrected chi connectivity index (χ4v) is 2.71. The lowest BCUT2D eigenvalue weighted by Crippen LogP contribution is -2.50. The summed E-state index contributed by atoms with van der Waals surface area (Å²) in [5, 5.41) is 4.65. The highest BCUT2D eigenvalue weighted by molar-refractivity contribution is 5.80. The Hall–Kier alpha value is -1.61. The number of benzene rings is 1. The molecule has 1 aliphatic rings. The molecule has 0 spiro atoms. The second-order valence-electron chi connectivity index (χ2n) is 5.66. The van der Waals surface area contributed by atoms with Crippen molar-refractivity contribution in [2.24, 2.45) is 0 Å². The van der Waals surface area contributed by atoms with Crippen LogP contribution in [0.2, 0.25) is 0 Å². The van der Waals surface area contributed by atoms with E-state index < -0.39 is 0 Å². The summed E-state index contributed by atoms with van der Waals surface area (Å²) in [5.41, 5.74) is 1.37. The van der Waals surface area contributed by atoms with Crippen molar-refractivity contribution in [3.8, 4) is 0 Å². The molecule has 19 heavy (non-hydrogen) atoms. The SMILES string of the molecule is CNC1(C)CCN(c2ccc3ccccc3n2)CC1. The predicted octanol–water partition coefficient (Wildman–Crippen LogP) is 2.81. The Morgan fingerprint density at radius 1 is 1.11 bits per heavy atom. The van der Waals surface area contributed by atoms with Crippen LogP contribution in [0, 0.1) is 0 Å². The molecule has 3 nitrogen and oxygen atoms in total. The summed E-state index contributed by atoms with van der Waals surface area (Å²) >= 11 is 0. The number of aromatic nitrogens is 1. The zero-order valence-electron chi connectivity index (χ0n) is 11.7. The number of hydrogen-bond acceptors (Lipinski definition) is 3. The number of rotatable bonds is 2. The molecule has 1 aromatic carbocycles. The molecule has 2 heterocycles. The van der Waals surface area contributed by atoms with Crippen LogP contribution in [0.3, 0.4) is 0 Å². The molecule has 2 aromatic rings. The Balaban J connectivity index is 1.82. The quantitative estimate of drug-likeness (QED) is 0.894. The van der Waals surface area contributed by atoms with Gasteiger partial charge in [-0.2, -0.15) is 0 Å². The zero-order chi connectivity index (χ0) is 13.3. The topological polar surface area (TPSA) is 28.2 Å². The van der Waals surface area contributed by atoms with Gasteiger partial charge in [0.05, 0.1) is 5.52 Å². The van der Waals surface area contributed by atoms with Crippen LogP contribution in [0.15, 0.2) is 36.4 Å². The highest BCUT2D eigenvalue weighted by Crippen LogP contribution is 2.25. The van der Waals surface area contributed by atoms with Crippen molar-refractivity contribution < 1.29 is 0 Å². The zero-order valence-corrected chi connectivity index (χ0v) is 11.7. The first-order chi connectivity index (χ1) is 9.20. The monoisotopic (exact) mass is 255 g/mol. The lowest BCUT2D eigenvalue weighted by Gasteiger charge is -2.39. The molecule has 0 saturated carbocycles. The molecule has 1 aliphatic heterocycles. The average molecular weight is 255 g/mol. The highest BCUT2D eigenvalue weighted by atomic mass is 15.2. The third-order valence-electron chi connectivity index (χ3n) is 4.38. The summed E-state index contributed by atoms with van der Waals surface area (Å²) < 4.78 is 0. The standard InChI is InChI=1S/C16H21N3/c1-16(17-2)9-11-19(12-10-16)15-8-7-13-5-3-4-6-14(13)18-15/h3-8,17H,9-12H2,1-2H3. The van der Waals surface area contributed by atoms with Gasteiger partial charge in [-0.25, -0.2) is 4.98 Å². The lowest BCUT2D eigenvalue weighted by molar-refractivity contribution is 0.304. The Bertz CT molecular complexity index is 571. The van der Waals surface area contributed by atoms with Crippen molar-refractivity contribution in [1.29, 1.82) is 0 Å². The van der Waals surface area contributed by atoms with E-state index in [9.17, 15) is 0 Å². The molecule has 0 bridgehead atoms. The minimum atomic E-state index is 0.285. The van der Waals surface area contributed by atoms with Crippen molar-refractivity contribution in [3.05, 3.63) is 36.4 Å². The highest BCUT2D eigenvalue weighted by Gasteiger charge is 2.28. The smallest absolute Gasteiger partial charge is 0.129 e. The molecule has 1 saturated heterocycles. The maximum absolute atomic E-state index is 4.78. The predicted molar refractivity (Wildman–Crippen MR) is 80.7 cm³/mol. The summed E-state index contributed by atoms with van der Waals surface area (Å²) in [7, 11) is 2.06. The molecule has 1 aromatic heterocycles. The maximum Gasteiger partial charge on any atom is 0.129 e. The number of nitrogens with one attached hydrogen (secondary N) is 1. The first kappa shape index (κ1) is 12.4. The Morgan fingerprint density at radius 2 is 1.84 bits per heavy atom. The summed E-state index contributed by atoms with van der Waals surface area (Å²) in [4.78, 5) is 7.17. The minimum absolute atomic E-state index is 0.285. The van der Waals surface area contributed by atoms with Crippen molar-refractivity contribution in [1.82, 2.24) is 10.3 Å². The molecule has 3 heteroatoms. The van der Waals surface area contributed by atoms with E-state index in [1.54, 1.807) is 0 Å². The van der Waals surface area contributed by atoms with E-state index in [0.29, 0.717) is 0 Å². The molecular weight excluding hydrogens is 234 g/mol. The van der Waals surface area contributed by atoms with Gasteiger partial charge in [0.15, 0.2) is 0 Å². The Labute approximate surface area is 114 Å². The summed E-state index contributed by atoms with van der Waals surface area (Å²) in [5.74, 6) is 1.11. The van der Waals surface area contributed by atoms with Crippen LogP contribution in [-0.4, -0.2) is 30.7 Å². The fourth-order valence-electron chi connectivity index (χ4n) is 2.71. The van der Waals surface area contributed by atoms with Crippen molar-refractivity contribution >= 4 is 16.7 Å². The second kappa shape index (κ2) is 4.82. The van der Waals surface area contributed by atoms with Crippen molar-refractivity contribution in [2.45, 2.75) is 25.3 Å². The van der Waals surface area contributed by atoms with E-state index in [-0.39, 0.29) is 5.54 Å². The van der Waals surface area contributed by atoms with E-state index >= 15 is 0 Å². The number of pyridine rings is 1. The van der Waals surface area contributed by atoms with Gasteiger partial charge in [0.25, 0.3) is 0 Å². The van der Waals surface area contributed by atoms with Crippen LogP contribution >= 0.6 is 0 Å². The summed E-state index contributed by atoms with van der Waals surface area (Å²) in [6.07, 6.45) is 2.33. The number of anilines is 1. The van der Waals surface area contributed by atoms with E-state index in [0.717, 1.165) is 37.3 Å². The van der Waals surface area contributed by atoms with Crippen molar-refractivity contribution in [3.63, 3.8) is 0 Å². The van der Waals surface area contributed by atoms with Gasteiger partial charge < -0.3 is 10.2 Å². The third-order valence-corrected chi connectivity index (χ3v) is 4.38. The molecule has 3 rings (SSSR count). The molecule has 0 unspecified atom stereocenters. The van der Waals surface area contributed by atoms with Crippen LogP contribution in [-0.2, 0) is 0 Å². The lowest BCUT2D eigenvalue weighted by atomic mass is 9.90. The van der Waals surface area contributed by atoms with Crippen molar-refractivity contribution in [2.75, 3.05) is 25.0 Å². The maximum atomic E-state index is 4.78. The van der Waals surface area contributed by atoms with E-state index in [4.69, 9.17) is 4.98 Å². The van der Waals surface area contributed by atoms with E-state index in [2.05, 4.69) is 54.5 Å². The number of fused-ring (bicyclic) bond motifs is 1. The normalized spacial score (nSPS) is 18.7. The first-order valence-corrected chi connectivity index (χ1v) is 7.00. The van der Waals surface area contributed by atoms with Crippen LogP contribution in [0.5, 0.6) is 0 Å². The van der Waals surface area contributed by atoms with Gasteiger partial charge in [0.2, 0.25) is 0 Å². The molecule has 1 N–H and O–H groups in total. The first-order valence-electron chi connectivity index (χ1n) is 7.00. The molecule has 0 amide bonds. The number of piperidine rings is 1. The molecule has 0 radical (unpaired) electrons. The minimum Gasteiger partial charge on any atom is -0.356 e. The average Bonchev–Trinajstić information content (AvgIpc) is 2.47. The van der Waals surface area contributed by atoms with E-state index in [1.165, 1.54) is 5.39 Å². The number of hydrogen-bond donors (Lipinski definition) is 1. The number of nitrogens with zero attached hydrogens (tertiary/aromatic N) is 2. The Morgan fingerprint density at radius 3 is 2.58 bits per heavy atom. The van der Waals surface area contributed by atoms with Crippen LogP contribution < -0.4 is 10.2 Å². The summed E-state index contributed by atoms with van der Waals surface area (Å²) in [6, 6.07) is 12.6. The van der Waals surface area contributed by atoms with Gasteiger partial charge >= 0.3 is 0 Å². The van der Waals surface area contributed by atoms with Gasteiger partial charge in [0, 0.05) is 24.0 Å². The van der Waals surface area contributed by atoms with Gasteiger partial charge in [0.1, 0.15) is 5.82 Å². The molecular formula is C16H21N3. The third kappa shape index (κ3) is 2.43. The summed E-state index contributed by atoms with van der Waals surface area (Å²) in [6.45, 7) is 4.45. The molecule has 0 atom stereocenters. The fraction of sp³-hybridized carbons (Fsp3) is 0.438. The van der Waals surface area contributed by atoms with E-state index in [1.807, 2.05) is 6.07 Å². The number of para-hydroxylation sites is 1. The largest absolute Gasteiger partial charge is 0.356 e. The van der Waals surface area contributed by atoms with Crippen LogP contribution in [0.1, 0.15) is 19.8 Å². The second-order valence-corrected chi connectivity index (χ2v) is 5.66. The van der Waals surface area contributed by atoms with Crippen LogP contribution in [0.25, 0.3) is 10.9 Å². The Kier molecular flexibility index (Phi) is 3.15. The molecule has 100 valence electrons. The van der Waals surface area contributed by atoms with Gasteiger partial charge in [-0.3, -0.25) is 0 Å². The van der Waals surface area contributed by atoms with Crippen LogP contribution in [0.4, 0.5) is 5.82 Å². The van der Waals surface area contributed by atoms with Gasteiger partial charge in [-0.15, -0.1) is 0 Å². The molecule has 1 fully saturated rings. The van der Waals surface area contributed by atoms with Gasteiger partial charge in [-0.1, -0.05) is 18.2 Å².